The molecular weight excluding hydrogens is 247 g/mol. The smallest absolute Gasteiger partial charge is 0.396 e. The Labute approximate surface area is 103 Å². The van der Waals surface area contributed by atoms with Crippen LogP contribution in [0.4, 0.5) is 24.5 Å². The Morgan fingerprint density at radius 1 is 1.44 bits per heavy atom. The maximum absolute atomic E-state index is 12.4. The number of ether oxygens (including phenoxy) is 1. The number of aromatic nitrogens is 1. The van der Waals surface area contributed by atoms with Crippen molar-refractivity contribution in [3.63, 3.8) is 0 Å². The molecule has 0 aliphatic carbocycles. The lowest BCUT2D eigenvalue weighted by Crippen LogP contribution is -2.12. The van der Waals surface area contributed by atoms with Gasteiger partial charge < -0.3 is 15.8 Å². The number of nitrogens with zero attached hydrogens (tertiary/aromatic N) is 1. The number of hydrogen-bond donors (Lipinski definition) is 2. The maximum atomic E-state index is 12.4. The molecule has 0 aliphatic rings. The zero-order valence-electron chi connectivity index (χ0n) is 10.0. The van der Waals surface area contributed by atoms with Crippen LogP contribution in [0.25, 0.3) is 0 Å². The molecule has 0 saturated carbocycles. The van der Waals surface area contributed by atoms with Gasteiger partial charge in [0.15, 0.2) is 0 Å². The summed E-state index contributed by atoms with van der Waals surface area (Å²) in [5, 5.41) is 2.84. The summed E-state index contributed by atoms with van der Waals surface area (Å²) in [6, 6.07) is 0.913. The number of nitrogens with one attached hydrogen (secondary N) is 1. The number of nitrogen functional groups attached to an aromatic ring is 1. The predicted octanol–water partition coefficient (Wildman–Crippen LogP) is 2.52. The molecule has 18 heavy (non-hydrogen) atoms. The lowest BCUT2D eigenvalue weighted by molar-refractivity contribution is -0.141. The van der Waals surface area contributed by atoms with Crippen LogP contribution in [0.1, 0.15) is 19.0 Å². The molecule has 0 fully saturated rings. The second-order valence-corrected chi connectivity index (χ2v) is 3.63. The highest BCUT2D eigenvalue weighted by Gasteiger charge is 2.32. The molecule has 1 heterocycles. The van der Waals surface area contributed by atoms with E-state index in [-0.39, 0.29) is 11.4 Å². The third kappa shape index (κ3) is 4.40. The van der Waals surface area contributed by atoms with Gasteiger partial charge in [0.1, 0.15) is 5.69 Å². The van der Waals surface area contributed by atoms with Gasteiger partial charge >= 0.3 is 6.18 Å². The molecule has 0 aliphatic heterocycles. The topological polar surface area (TPSA) is 60.2 Å². The van der Waals surface area contributed by atoms with Gasteiger partial charge in [-0.25, -0.2) is 4.98 Å². The van der Waals surface area contributed by atoms with E-state index in [1.807, 2.05) is 6.92 Å². The van der Waals surface area contributed by atoms with Crippen molar-refractivity contribution in [2.45, 2.75) is 19.5 Å². The van der Waals surface area contributed by atoms with E-state index >= 15 is 0 Å². The first-order chi connectivity index (χ1) is 8.45. The summed E-state index contributed by atoms with van der Waals surface area (Å²) in [7, 11) is 0. The van der Waals surface area contributed by atoms with E-state index in [1.54, 1.807) is 0 Å². The number of rotatable bonds is 6. The highest BCUT2D eigenvalue weighted by molar-refractivity contribution is 5.65. The molecule has 0 bridgehead atoms. The molecule has 0 radical (unpaired) electrons. The number of hydrogen-bond acceptors (Lipinski definition) is 4. The Morgan fingerprint density at radius 3 is 2.78 bits per heavy atom. The second-order valence-electron chi connectivity index (χ2n) is 3.63. The summed E-state index contributed by atoms with van der Waals surface area (Å²) in [6.07, 6.45) is -2.76. The standard InChI is InChI=1S/C11H16F3N3O/c1-2-18-5-3-4-16-9-6-10(11(12,13)14)17-7-8(9)15/h6-7H,2-5,15H2,1H3,(H,16,17). The van der Waals surface area contributed by atoms with Gasteiger partial charge in [0.05, 0.1) is 17.6 Å². The van der Waals surface area contributed by atoms with Crippen LogP contribution in [0, 0.1) is 0 Å². The first-order valence-corrected chi connectivity index (χ1v) is 5.59. The number of nitrogens with two attached hydrogens (primary N) is 1. The van der Waals surface area contributed by atoms with Crippen LogP contribution in [-0.2, 0) is 10.9 Å². The van der Waals surface area contributed by atoms with Gasteiger partial charge in [0.2, 0.25) is 0 Å². The fourth-order valence-electron chi connectivity index (χ4n) is 1.32. The zero-order valence-corrected chi connectivity index (χ0v) is 10.0. The third-order valence-corrected chi connectivity index (χ3v) is 2.21. The third-order valence-electron chi connectivity index (χ3n) is 2.21. The highest BCUT2D eigenvalue weighted by atomic mass is 19.4. The summed E-state index contributed by atoms with van der Waals surface area (Å²) in [4.78, 5) is 3.25. The molecule has 1 rings (SSSR count). The molecular formula is C11H16F3N3O. The first kappa shape index (κ1) is 14.6. The normalized spacial score (nSPS) is 11.6. The minimum atomic E-state index is -4.46. The predicted molar refractivity (Wildman–Crippen MR) is 63.3 cm³/mol. The quantitative estimate of drug-likeness (QED) is 0.774. The molecule has 7 heteroatoms. The van der Waals surface area contributed by atoms with Crippen molar-refractivity contribution in [2.24, 2.45) is 0 Å². The van der Waals surface area contributed by atoms with Gasteiger partial charge in [-0.15, -0.1) is 0 Å². The molecule has 0 amide bonds. The largest absolute Gasteiger partial charge is 0.433 e. The second kappa shape index (κ2) is 6.44. The Hall–Kier alpha value is -1.50. The fraction of sp³-hybridized carbons (Fsp3) is 0.545. The molecule has 0 spiro atoms. The van der Waals surface area contributed by atoms with Gasteiger partial charge in [0.25, 0.3) is 0 Å². The van der Waals surface area contributed by atoms with E-state index in [0.717, 1.165) is 12.3 Å². The van der Waals surface area contributed by atoms with Gasteiger partial charge in [-0.1, -0.05) is 0 Å². The Morgan fingerprint density at radius 2 is 2.17 bits per heavy atom. The zero-order chi connectivity index (χ0) is 13.6. The van der Waals surface area contributed by atoms with Crippen molar-refractivity contribution in [1.29, 1.82) is 0 Å². The van der Waals surface area contributed by atoms with E-state index in [9.17, 15) is 13.2 Å². The molecule has 3 N–H and O–H groups in total. The van der Waals surface area contributed by atoms with Crippen LogP contribution in [0.2, 0.25) is 0 Å². The summed E-state index contributed by atoms with van der Waals surface area (Å²) in [5.74, 6) is 0. The summed E-state index contributed by atoms with van der Waals surface area (Å²) >= 11 is 0. The van der Waals surface area contributed by atoms with Crippen LogP contribution < -0.4 is 11.1 Å². The molecule has 0 unspecified atom stereocenters. The summed E-state index contributed by atoms with van der Waals surface area (Å²) in [5.41, 5.74) is 5.03. The molecule has 1 aromatic rings. The molecule has 1 aromatic heterocycles. The van der Waals surface area contributed by atoms with Crippen molar-refractivity contribution < 1.29 is 17.9 Å². The molecule has 0 atom stereocenters. The van der Waals surface area contributed by atoms with Gasteiger partial charge in [-0.3, -0.25) is 0 Å². The van der Waals surface area contributed by atoms with E-state index in [2.05, 4.69) is 10.3 Å². The van der Waals surface area contributed by atoms with Crippen molar-refractivity contribution in [3.05, 3.63) is 18.0 Å². The van der Waals surface area contributed by atoms with Crippen molar-refractivity contribution in [3.8, 4) is 0 Å². The van der Waals surface area contributed by atoms with E-state index in [0.29, 0.717) is 26.2 Å². The number of anilines is 2. The lowest BCUT2D eigenvalue weighted by Gasteiger charge is -2.12. The molecule has 102 valence electrons. The van der Waals surface area contributed by atoms with E-state index < -0.39 is 11.9 Å². The van der Waals surface area contributed by atoms with Gasteiger partial charge in [0, 0.05) is 19.8 Å². The minimum Gasteiger partial charge on any atom is -0.396 e. The molecule has 0 saturated heterocycles. The Bertz CT molecular complexity index is 382. The Kier molecular flexibility index (Phi) is 5.21. The van der Waals surface area contributed by atoms with Crippen LogP contribution in [-0.4, -0.2) is 24.7 Å². The van der Waals surface area contributed by atoms with Crippen molar-refractivity contribution >= 4 is 11.4 Å². The molecule has 0 aromatic carbocycles. The fourth-order valence-corrected chi connectivity index (χ4v) is 1.32. The lowest BCUT2D eigenvalue weighted by atomic mass is 10.2. The van der Waals surface area contributed by atoms with Crippen LogP contribution >= 0.6 is 0 Å². The average Bonchev–Trinajstić information content (AvgIpc) is 2.29. The van der Waals surface area contributed by atoms with Crippen molar-refractivity contribution in [2.75, 3.05) is 30.8 Å². The molecule has 4 nitrogen and oxygen atoms in total. The number of pyridine rings is 1. The first-order valence-electron chi connectivity index (χ1n) is 5.59. The average molecular weight is 263 g/mol. The monoisotopic (exact) mass is 263 g/mol. The van der Waals surface area contributed by atoms with Gasteiger partial charge in [-0.2, -0.15) is 13.2 Å². The number of halogens is 3. The summed E-state index contributed by atoms with van der Waals surface area (Å²) < 4.78 is 42.4. The minimum absolute atomic E-state index is 0.194. The van der Waals surface area contributed by atoms with Crippen LogP contribution in [0.15, 0.2) is 12.3 Å². The SMILES string of the molecule is CCOCCCNc1cc(C(F)(F)F)ncc1N. The summed E-state index contributed by atoms with van der Waals surface area (Å²) in [6.45, 7) is 3.55. The van der Waals surface area contributed by atoms with Gasteiger partial charge in [-0.05, 0) is 19.4 Å². The highest BCUT2D eigenvalue weighted by Crippen LogP contribution is 2.30. The van der Waals surface area contributed by atoms with Crippen molar-refractivity contribution in [1.82, 2.24) is 4.98 Å². The number of alkyl halides is 3. The maximum Gasteiger partial charge on any atom is 0.433 e. The van der Waals surface area contributed by atoms with E-state index in [4.69, 9.17) is 10.5 Å². The van der Waals surface area contributed by atoms with E-state index in [1.165, 1.54) is 0 Å². The van der Waals surface area contributed by atoms with Crippen LogP contribution in [0.3, 0.4) is 0 Å². The van der Waals surface area contributed by atoms with Crippen LogP contribution in [0.5, 0.6) is 0 Å². The Balaban J connectivity index is 2.59.